The standard InChI is InChI=1S/C5H8NO4S/c6-5(8)4-1-3(7)2-11(4,9)10/h1,3-4,7H,2H2,(H2,6,8)/t3-,4?/m1/s1. The molecule has 11 heavy (non-hydrogen) atoms. The molecule has 1 heterocycles. The summed E-state index contributed by atoms with van der Waals surface area (Å²) in [6.07, 6.45) is -0.0185. The Bertz CT molecular complexity index is 270. The van der Waals surface area contributed by atoms with Gasteiger partial charge in [0.2, 0.25) is 5.91 Å². The van der Waals surface area contributed by atoms with E-state index in [9.17, 15) is 13.2 Å². The Morgan fingerprint density at radius 3 is 2.36 bits per heavy atom. The first kappa shape index (κ1) is 8.48. The van der Waals surface area contributed by atoms with Gasteiger partial charge in [0.15, 0.2) is 9.84 Å². The first-order chi connectivity index (χ1) is 4.93. The van der Waals surface area contributed by atoms with E-state index >= 15 is 0 Å². The molecule has 0 saturated carbocycles. The van der Waals surface area contributed by atoms with Crippen LogP contribution >= 0.6 is 0 Å². The van der Waals surface area contributed by atoms with Crippen LogP contribution in [0.2, 0.25) is 0 Å². The van der Waals surface area contributed by atoms with Crippen molar-refractivity contribution in [2.24, 2.45) is 5.73 Å². The molecule has 1 amide bonds. The fourth-order valence-corrected chi connectivity index (χ4v) is 2.56. The summed E-state index contributed by atoms with van der Waals surface area (Å²) in [4.78, 5) is 10.5. The maximum Gasteiger partial charge on any atom is 0.236 e. The summed E-state index contributed by atoms with van der Waals surface area (Å²) in [5.74, 6) is -1.33. The largest absolute Gasteiger partial charge is 0.392 e. The molecule has 0 aliphatic carbocycles. The van der Waals surface area contributed by atoms with Crippen molar-refractivity contribution < 1.29 is 18.3 Å². The van der Waals surface area contributed by atoms with E-state index in [1.165, 1.54) is 0 Å². The molecule has 6 heteroatoms. The Morgan fingerprint density at radius 1 is 1.64 bits per heavy atom. The molecule has 1 saturated heterocycles. The number of amides is 1. The van der Waals surface area contributed by atoms with Crippen molar-refractivity contribution in [1.29, 1.82) is 0 Å². The van der Waals surface area contributed by atoms with Gasteiger partial charge in [-0.25, -0.2) is 8.42 Å². The number of sulfone groups is 1. The summed E-state index contributed by atoms with van der Waals surface area (Å²) in [5, 5.41) is 7.53. The average Bonchev–Trinajstić information content (AvgIpc) is 2.04. The summed E-state index contributed by atoms with van der Waals surface area (Å²) < 4.78 is 21.8. The third-order valence-electron chi connectivity index (χ3n) is 1.47. The van der Waals surface area contributed by atoms with Crippen molar-refractivity contribution in [3.63, 3.8) is 0 Å². The number of hydrogen-bond donors (Lipinski definition) is 2. The zero-order valence-electron chi connectivity index (χ0n) is 5.60. The Kier molecular flexibility index (Phi) is 1.89. The number of hydrogen-bond acceptors (Lipinski definition) is 4. The first-order valence-corrected chi connectivity index (χ1v) is 4.69. The van der Waals surface area contributed by atoms with Gasteiger partial charge < -0.3 is 10.8 Å². The number of carbonyl (C=O) groups is 1. The fourth-order valence-electron chi connectivity index (χ4n) is 0.991. The summed E-state index contributed by atoms with van der Waals surface area (Å²) in [7, 11) is -3.52. The van der Waals surface area contributed by atoms with Crippen molar-refractivity contribution in [1.82, 2.24) is 0 Å². The number of rotatable bonds is 1. The average molecular weight is 178 g/mol. The van der Waals surface area contributed by atoms with Crippen LogP contribution in [0.4, 0.5) is 0 Å². The normalized spacial score (nSPS) is 35.4. The lowest BCUT2D eigenvalue weighted by Crippen LogP contribution is -2.32. The maximum atomic E-state index is 10.9. The van der Waals surface area contributed by atoms with Gasteiger partial charge in [-0.1, -0.05) is 0 Å². The Labute approximate surface area is 64.1 Å². The van der Waals surface area contributed by atoms with Gasteiger partial charge in [-0.05, 0) is 0 Å². The zero-order chi connectivity index (χ0) is 8.65. The van der Waals surface area contributed by atoms with Crippen LogP contribution in [0.1, 0.15) is 0 Å². The second-order valence-electron chi connectivity index (χ2n) is 2.41. The van der Waals surface area contributed by atoms with Gasteiger partial charge in [0.25, 0.3) is 0 Å². The highest BCUT2D eigenvalue weighted by Gasteiger charge is 2.41. The van der Waals surface area contributed by atoms with Crippen LogP contribution in [0.25, 0.3) is 0 Å². The molecule has 2 atom stereocenters. The van der Waals surface area contributed by atoms with Crippen molar-refractivity contribution in [2.75, 3.05) is 5.75 Å². The molecule has 1 aliphatic rings. The molecular weight excluding hydrogens is 170 g/mol. The van der Waals surface area contributed by atoms with Crippen molar-refractivity contribution in [2.45, 2.75) is 11.4 Å². The number of carbonyl (C=O) groups excluding carboxylic acids is 1. The lowest BCUT2D eigenvalue weighted by Gasteiger charge is -2.00. The third kappa shape index (κ3) is 1.51. The maximum absolute atomic E-state index is 10.9. The Balaban J connectivity index is 2.92. The van der Waals surface area contributed by atoms with Crippen LogP contribution < -0.4 is 5.73 Å². The highest BCUT2D eigenvalue weighted by molar-refractivity contribution is 7.93. The summed E-state index contributed by atoms with van der Waals surface area (Å²) in [5.41, 5.74) is 4.78. The molecular formula is C5H8NO4S. The Morgan fingerprint density at radius 2 is 2.18 bits per heavy atom. The molecule has 63 valence electrons. The van der Waals surface area contributed by atoms with E-state index in [4.69, 9.17) is 10.8 Å². The van der Waals surface area contributed by atoms with Gasteiger partial charge in [0.05, 0.1) is 11.9 Å². The number of aliphatic hydroxyl groups excluding tert-OH is 1. The molecule has 0 aromatic heterocycles. The van der Waals surface area contributed by atoms with Gasteiger partial charge >= 0.3 is 0 Å². The lowest BCUT2D eigenvalue weighted by molar-refractivity contribution is -0.117. The molecule has 0 aromatic rings. The summed E-state index contributed by atoms with van der Waals surface area (Å²) in [6, 6.07) is 0. The molecule has 1 aliphatic heterocycles. The Hall–Kier alpha value is -0.620. The van der Waals surface area contributed by atoms with Gasteiger partial charge in [-0.15, -0.1) is 0 Å². The minimum Gasteiger partial charge on any atom is -0.392 e. The molecule has 0 bridgehead atoms. The van der Waals surface area contributed by atoms with E-state index in [1.54, 1.807) is 0 Å². The van der Waals surface area contributed by atoms with Crippen LogP contribution in [0, 0.1) is 6.42 Å². The third-order valence-corrected chi connectivity index (χ3v) is 3.44. The van der Waals surface area contributed by atoms with Gasteiger partial charge in [-0.3, -0.25) is 4.79 Å². The quantitative estimate of drug-likeness (QED) is 0.477. The fraction of sp³-hybridized carbons (Fsp3) is 0.600. The van der Waals surface area contributed by atoms with Crippen molar-refractivity contribution >= 4 is 15.7 Å². The van der Waals surface area contributed by atoms with Crippen LogP contribution in [0.15, 0.2) is 0 Å². The number of aliphatic hydroxyl groups is 1. The topological polar surface area (TPSA) is 97.5 Å². The molecule has 1 radical (unpaired) electrons. The van der Waals surface area contributed by atoms with E-state index in [0.29, 0.717) is 0 Å². The monoisotopic (exact) mass is 178 g/mol. The van der Waals surface area contributed by atoms with E-state index in [1.807, 2.05) is 0 Å². The van der Waals surface area contributed by atoms with E-state index in [-0.39, 0.29) is 0 Å². The molecule has 5 nitrogen and oxygen atoms in total. The van der Waals surface area contributed by atoms with Crippen LogP contribution in [-0.2, 0) is 14.6 Å². The summed E-state index contributed by atoms with van der Waals surface area (Å²) in [6.45, 7) is 0. The van der Waals surface area contributed by atoms with Gasteiger partial charge in [-0.2, -0.15) is 0 Å². The van der Waals surface area contributed by atoms with Crippen LogP contribution in [0.5, 0.6) is 0 Å². The number of primary amides is 1. The van der Waals surface area contributed by atoms with Crippen LogP contribution in [-0.4, -0.2) is 36.5 Å². The highest BCUT2D eigenvalue weighted by Crippen LogP contribution is 2.18. The molecule has 3 N–H and O–H groups in total. The SMILES string of the molecule is NC(=O)C1[CH][C@@H](O)CS1(=O)=O. The molecule has 0 aromatic carbocycles. The second-order valence-corrected chi connectivity index (χ2v) is 4.58. The van der Waals surface area contributed by atoms with Gasteiger partial charge in [0, 0.05) is 6.42 Å². The predicted molar refractivity (Wildman–Crippen MR) is 37.1 cm³/mol. The minimum absolute atomic E-state index is 0.402. The molecule has 0 spiro atoms. The lowest BCUT2D eigenvalue weighted by atomic mass is 10.2. The molecule has 1 fully saturated rings. The minimum atomic E-state index is -3.52. The van der Waals surface area contributed by atoms with Crippen molar-refractivity contribution in [3.8, 4) is 0 Å². The number of nitrogens with two attached hydrogens (primary N) is 1. The zero-order valence-corrected chi connectivity index (χ0v) is 6.41. The van der Waals surface area contributed by atoms with E-state index in [2.05, 4.69) is 0 Å². The van der Waals surface area contributed by atoms with Crippen LogP contribution in [0.3, 0.4) is 0 Å². The second kappa shape index (κ2) is 2.46. The molecule has 1 unspecified atom stereocenters. The first-order valence-electron chi connectivity index (χ1n) is 2.97. The summed E-state index contributed by atoms with van der Waals surface area (Å²) >= 11 is 0. The smallest absolute Gasteiger partial charge is 0.236 e. The van der Waals surface area contributed by atoms with E-state index in [0.717, 1.165) is 6.42 Å². The van der Waals surface area contributed by atoms with E-state index < -0.39 is 32.9 Å². The molecule has 1 rings (SSSR count). The van der Waals surface area contributed by atoms with Gasteiger partial charge in [0.1, 0.15) is 5.25 Å². The van der Waals surface area contributed by atoms with Crippen molar-refractivity contribution in [3.05, 3.63) is 6.42 Å². The highest BCUT2D eigenvalue weighted by atomic mass is 32.2. The predicted octanol–water partition coefficient (Wildman–Crippen LogP) is -2.17.